The van der Waals surface area contributed by atoms with Crippen LogP contribution in [0.5, 0.6) is 0 Å². The monoisotopic (exact) mass is 310 g/mol. The van der Waals surface area contributed by atoms with E-state index in [1.54, 1.807) is 0 Å². The van der Waals surface area contributed by atoms with Crippen LogP contribution >= 0.6 is 0 Å². The molecule has 0 rings (SSSR count). The second kappa shape index (κ2) is 13.8. The predicted molar refractivity (Wildman–Crippen MR) is 96.3 cm³/mol. The number of aliphatic carboxylic acids is 1. The number of carboxylic acid groups (broad SMARTS) is 1. The molecule has 2 heteroatoms. The second-order valence-corrected chi connectivity index (χ2v) is 6.64. The Morgan fingerprint density at radius 3 is 1.68 bits per heavy atom. The van der Waals surface area contributed by atoms with Crippen LogP contribution in [0.25, 0.3) is 0 Å². The molecule has 1 N–H and O–H groups in total. The zero-order valence-electron chi connectivity index (χ0n) is 15.4. The maximum atomic E-state index is 11.8. The lowest BCUT2D eigenvalue weighted by molar-refractivity contribution is -0.133. The molecule has 0 saturated carbocycles. The lowest BCUT2D eigenvalue weighted by atomic mass is 9.84. The fraction of sp³-hybridized carbons (Fsp3) is 0.850. The van der Waals surface area contributed by atoms with Gasteiger partial charge in [0, 0.05) is 5.57 Å². The highest BCUT2D eigenvalue weighted by Gasteiger charge is 2.22. The van der Waals surface area contributed by atoms with Crippen LogP contribution in [-0.2, 0) is 4.79 Å². The van der Waals surface area contributed by atoms with E-state index in [0.717, 1.165) is 49.7 Å². The third-order valence-corrected chi connectivity index (χ3v) is 4.57. The summed E-state index contributed by atoms with van der Waals surface area (Å²) in [6.07, 6.45) is 13.7. The summed E-state index contributed by atoms with van der Waals surface area (Å²) in [4.78, 5) is 11.8. The summed E-state index contributed by atoms with van der Waals surface area (Å²) in [7, 11) is 0. The maximum absolute atomic E-state index is 11.8. The van der Waals surface area contributed by atoms with Crippen LogP contribution < -0.4 is 0 Å². The van der Waals surface area contributed by atoms with Gasteiger partial charge in [-0.3, -0.25) is 0 Å². The van der Waals surface area contributed by atoms with Crippen molar-refractivity contribution in [1.82, 2.24) is 0 Å². The number of allylic oxidation sites excluding steroid dienone is 1. The first-order chi connectivity index (χ1) is 10.6. The van der Waals surface area contributed by atoms with E-state index in [4.69, 9.17) is 0 Å². The fourth-order valence-electron chi connectivity index (χ4n) is 3.19. The van der Waals surface area contributed by atoms with E-state index in [9.17, 15) is 9.90 Å². The van der Waals surface area contributed by atoms with Gasteiger partial charge in [0.1, 0.15) is 0 Å². The molecular weight excluding hydrogens is 272 g/mol. The van der Waals surface area contributed by atoms with Crippen molar-refractivity contribution in [2.75, 3.05) is 0 Å². The van der Waals surface area contributed by atoms with Crippen molar-refractivity contribution in [1.29, 1.82) is 0 Å². The molecule has 22 heavy (non-hydrogen) atoms. The molecule has 130 valence electrons. The van der Waals surface area contributed by atoms with Gasteiger partial charge in [0.2, 0.25) is 0 Å². The first-order valence-corrected chi connectivity index (χ1v) is 9.51. The molecule has 2 nitrogen and oxygen atoms in total. The normalized spacial score (nSPS) is 12.6. The highest BCUT2D eigenvalue weighted by atomic mass is 16.4. The van der Waals surface area contributed by atoms with E-state index in [1.807, 2.05) is 6.92 Å². The van der Waals surface area contributed by atoms with E-state index in [-0.39, 0.29) is 5.92 Å². The van der Waals surface area contributed by atoms with Gasteiger partial charge in [0.25, 0.3) is 0 Å². The van der Waals surface area contributed by atoms with E-state index in [2.05, 4.69) is 20.8 Å². The van der Waals surface area contributed by atoms with Crippen LogP contribution in [0.2, 0.25) is 0 Å². The summed E-state index contributed by atoms with van der Waals surface area (Å²) in [5.74, 6) is -0.413. The Kier molecular flexibility index (Phi) is 13.3. The van der Waals surface area contributed by atoms with Gasteiger partial charge >= 0.3 is 5.97 Å². The number of carbonyl (C=O) groups is 1. The number of hydrogen-bond acceptors (Lipinski definition) is 1. The Morgan fingerprint density at radius 2 is 1.27 bits per heavy atom. The second-order valence-electron chi connectivity index (χ2n) is 6.64. The summed E-state index contributed by atoms with van der Waals surface area (Å²) >= 11 is 0. The molecule has 0 aromatic rings. The average molecular weight is 311 g/mol. The van der Waals surface area contributed by atoms with Gasteiger partial charge in [-0.15, -0.1) is 0 Å². The summed E-state index contributed by atoms with van der Waals surface area (Å²) in [6, 6.07) is 0. The van der Waals surface area contributed by atoms with Crippen LogP contribution in [0.1, 0.15) is 105 Å². The summed E-state index contributed by atoms with van der Waals surface area (Å²) in [5.41, 5.74) is 1.86. The van der Waals surface area contributed by atoms with E-state index >= 15 is 0 Å². The van der Waals surface area contributed by atoms with Gasteiger partial charge in [-0.25, -0.2) is 4.79 Å². The standard InChI is InChI=1S/C20H38O2/c1-5-8-11-14-17(4)19(20(21)22)18(15-12-9-6-2)16-13-10-7-3/h18H,5-16H2,1-4H3,(H,21,22). The molecule has 0 aliphatic heterocycles. The molecule has 0 radical (unpaired) electrons. The number of unbranched alkanes of at least 4 members (excludes halogenated alkanes) is 6. The first-order valence-electron chi connectivity index (χ1n) is 9.51. The molecule has 0 fully saturated rings. The highest BCUT2D eigenvalue weighted by Crippen LogP contribution is 2.29. The van der Waals surface area contributed by atoms with Crippen molar-refractivity contribution < 1.29 is 9.90 Å². The van der Waals surface area contributed by atoms with Gasteiger partial charge in [-0.1, -0.05) is 77.7 Å². The first kappa shape index (κ1) is 21.2. The summed E-state index contributed by atoms with van der Waals surface area (Å²) in [5, 5.41) is 9.73. The molecule has 0 saturated heterocycles. The Balaban J connectivity index is 4.92. The molecule has 0 unspecified atom stereocenters. The zero-order chi connectivity index (χ0) is 16.8. The minimum absolute atomic E-state index is 0.261. The van der Waals surface area contributed by atoms with E-state index < -0.39 is 5.97 Å². The Hall–Kier alpha value is -0.790. The number of carboxylic acids is 1. The SMILES string of the molecule is CCCCCC(C)=C(C(=O)O)C(CCCCC)CCCCC. The van der Waals surface area contributed by atoms with Crippen LogP contribution in [0.15, 0.2) is 11.1 Å². The smallest absolute Gasteiger partial charge is 0.331 e. The minimum atomic E-state index is -0.674. The van der Waals surface area contributed by atoms with Crippen molar-refractivity contribution in [3.05, 3.63) is 11.1 Å². The van der Waals surface area contributed by atoms with Crippen LogP contribution in [0.3, 0.4) is 0 Å². The Labute approximate surface area is 138 Å². The third kappa shape index (κ3) is 9.27. The molecule has 0 spiro atoms. The van der Waals surface area contributed by atoms with E-state index in [1.165, 1.54) is 38.5 Å². The molecule has 0 aromatic carbocycles. The van der Waals surface area contributed by atoms with Gasteiger partial charge < -0.3 is 5.11 Å². The molecule has 0 atom stereocenters. The molecule has 0 bridgehead atoms. The molecule has 0 aliphatic rings. The quantitative estimate of drug-likeness (QED) is 0.285. The van der Waals surface area contributed by atoms with Crippen LogP contribution in [0.4, 0.5) is 0 Å². The summed E-state index contributed by atoms with van der Waals surface area (Å²) in [6.45, 7) is 8.65. The highest BCUT2D eigenvalue weighted by molar-refractivity contribution is 5.88. The predicted octanol–water partition coefficient (Wildman–Crippen LogP) is 6.74. The largest absolute Gasteiger partial charge is 0.478 e. The van der Waals surface area contributed by atoms with E-state index in [0.29, 0.717) is 0 Å². The van der Waals surface area contributed by atoms with Crippen molar-refractivity contribution in [2.24, 2.45) is 5.92 Å². The van der Waals surface area contributed by atoms with Crippen molar-refractivity contribution in [2.45, 2.75) is 105 Å². The lowest BCUT2D eigenvalue weighted by Gasteiger charge is -2.20. The number of hydrogen-bond donors (Lipinski definition) is 1. The van der Waals surface area contributed by atoms with Crippen LogP contribution in [-0.4, -0.2) is 11.1 Å². The van der Waals surface area contributed by atoms with Gasteiger partial charge in [0.05, 0.1) is 0 Å². The topological polar surface area (TPSA) is 37.3 Å². The van der Waals surface area contributed by atoms with Gasteiger partial charge in [-0.2, -0.15) is 0 Å². The van der Waals surface area contributed by atoms with Crippen molar-refractivity contribution in [3.8, 4) is 0 Å². The van der Waals surface area contributed by atoms with Gasteiger partial charge in [0.15, 0.2) is 0 Å². The average Bonchev–Trinajstić information content (AvgIpc) is 2.47. The lowest BCUT2D eigenvalue weighted by Crippen LogP contribution is -2.15. The summed E-state index contributed by atoms with van der Waals surface area (Å²) < 4.78 is 0. The van der Waals surface area contributed by atoms with Crippen molar-refractivity contribution in [3.63, 3.8) is 0 Å². The number of rotatable bonds is 14. The Morgan fingerprint density at radius 1 is 0.818 bits per heavy atom. The third-order valence-electron chi connectivity index (χ3n) is 4.57. The van der Waals surface area contributed by atoms with Crippen LogP contribution in [0, 0.1) is 5.92 Å². The van der Waals surface area contributed by atoms with Gasteiger partial charge in [-0.05, 0) is 38.5 Å². The zero-order valence-corrected chi connectivity index (χ0v) is 15.4. The minimum Gasteiger partial charge on any atom is -0.478 e. The maximum Gasteiger partial charge on any atom is 0.331 e. The Bertz CT molecular complexity index is 308. The molecule has 0 aromatic heterocycles. The fourth-order valence-corrected chi connectivity index (χ4v) is 3.19. The molecule has 0 amide bonds. The molecule has 0 heterocycles. The van der Waals surface area contributed by atoms with Crippen molar-refractivity contribution >= 4 is 5.97 Å². The molecule has 0 aliphatic carbocycles. The molecular formula is C20H38O2.